The van der Waals surface area contributed by atoms with E-state index in [1.165, 1.54) is 12.8 Å². The maximum atomic E-state index is 12.5. The average Bonchev–Trinajstić information content (AvgIpc) is 3.23. The molecule has 1 saturated heterocycles. The van der Waals surface area contributed by atoms with Gasteiger partial charge in [-0.25, -0.2) is 9.97 Å². The number of nitrogens with zero attached hydrogens (tertiary/aromatic N) is 4. The molecule has 1 atom stereocenters. The smallest absolute Gasteiger partial charge is 0.253 e. The summed E-state index contributed by atoms with van der Waals surface area (Å²) in [4.78, 5) is 23.7. The average molecular weight is 325 g/mol. The summed E-state index contributed by atoms with van der Waals surface area (Å²) in [5, 5.41) is 3.13. The van der Waals surface area contributed by atoms with Crippen LogP contribution in [0.5, 0.6) is 0 Å². The third kappa shape index (κ3) is 3.00. The topological polar surface area (TPSA) is 63.1 Å². The number of nitrogens with one attached hydrogen (secondary N) is 1. The van der Waals surface area contributed by atoms with Gasteiger partial charge in [-0.2, -0.15) is 0 Å². The first-order valence-corrected chi connectivity index (χ1v) is 8.73. The van der Waals surface area contributed by atoms with Gasteiger partial charge < -0.3 is 14.8 Å². The largest absolute Gasteiger partial charge is 0.357 e. The van der Waals surface area contributed by atoms with Crippen LogP contribution >= 0.6 is 0 Å². The maximum absolute atomic E-state index is 12.5. The van der Waals surface area contributed by atoms with Crippen molar-refractivity contribution in [3.05, 3.63) is 41.6 Å². The Kier molecular flexibility index (Phi) is 3.96. The van der Waals surface area contributed by atoms with Crippen LogP contribution in [0.1, 0.15) is 41.1 Å². The van der Waals surface area contributed by atoms with E-state index in [1.807, 2.05) is 19.1 Å². The standard InChI is InChI=1S/C18H23N5O/c1-13-11-23-12-15(5-7-17(23)20-13)21-18(24)14-4-6-16(19-10-14)22-8-2-3-9-22/h4,6,10-11,15H,2-3,5,7-9,12H2,1H3,(H,21,24). The number of hydrogen-bond acceptors (Lipinski definition) is 4. The summed E-state index contributed by atoms with van der Waals surface area (Å²) in [5.74, 6) is 2.05. The number of amides is 1. The number of fused-ring (bicyclic) bond motifs is 1. The van der Waals surface area contributed by atoms with Gasteiger partial charge in [0.1, 0.15) is 11.6 Å². The summed E-state index contributed by atoms with van der Waals surface area (Å²) in [6.07, 6.45) is 8.04. The number of aromatic nitrogens is 3. The highest BCUT2D eigenvalue weighted by Crippen LogP contribution is 2.18. The molecule has 2 aliphatic heterocycles. The molecule has 2 aliphatic rings. The first-order chi connectivity index (χ1) is 11.7. The molecule has 0 bridgehead atoms. The molecule has 6 heteroatoms. The van der Waals surface area contributed by atoms with Crippen molar-refractivity contribution in [1.29, 1.82) is 0 Å². The maximum Gasteiger partial charge on any atom is 0.253 e. The molecule has 2 aromatic rings. The van der Waals surface area contributed by atoms with Crippen LogP contribution in [0.3, 0.4) is 0 Å². The van der Waals surface area contributed by atoms with Crippen LogP contribution in [-0.4, -0.2) is 39.6 Å². The van der Waals surface area contributed by atoms with Gasteiger partial charge in [0.2, 0.25) is 0 Å². The molecule has 4 rings (SSSR count). The molecule has 0 radical (unpaired) electrons. The Morgan fingerprint density at radius 3 is 2.88 bits per heavy atom. The molecule has 1 amide bonds. The molecule has 24 heavy (non-hydrogen) atoms. The molecule has 0 aromatic carbocycles. The summed E-state index contributed by atoms with van der Waals surface area (Å²) >= 11 is 0. The highest BCUT2D eigenvalue weighted by Gasteiger charge is 2.22. The van der Waals surface area contributed by atoms with Crippen molar-refractivity contribution in [2.24, 2.45) is 0 Å². The Balaban J connectivity index is 1.39. The van der Waals surface area contributed by atoms with Crippen molar-refractivity contribution in [2.75, 3.05) is 18.0 Å². The third-order valence-corrected chi connectivity index (χ3v) is 4.89. The monoisotopic (exact) mass is 325 g/mol. The van der Waals surface area contributed by atoms with Crippen LogP contribution in [0.2, 0.25) is 0 Å². The number of hydrogen-bond donors (Lipinski definition) is 1. The van der Waals surface area contributed by atoms with E-state index in [-0.39, 0.29) is 11.9 Å². The zero-order valence-corrected chi connectivity index (χ0v) is 14.0. The zero-order valence-electron chi connectivity index (χ0n) is 14.0. The second kappa shape index (κ2) is 6.26. The molecular weight excluding hydrogens is 302 g/mol. The quantitative estimate of drug-likeness (QED) is 0.937. The van der Waals surface area contributed by atoms with Crippen LogP contribution in [0.25, 0.3) is 0 Å². The molecule has 0 saturated carbocycles. The van der Waals surface area contributed by atoms with E-state index in [1.54, 1.807) is 6.20 Å². The molecular formula is C18H23N5O. The van der Waals surface area contributed by atoms with E-state index in [0.717, 1.165) is 49.8 Å². The Hall–Kier alpha value is -2.37. The van der Waals surface area contributed by atoms with Crippen molar-refractivity contribution in [3.63, 3.8) is 0 Å². The summed E-state index contributed by atoms with van der Waals surface area (Å²) in [6, 6.07) is 3.99. The lowest BCUT2D eigenvalue weighted by molar-refractivity contribution is 0.0927. The van der Waals surface area contributed by atoms with Crippen LogP contribution < -0.4 is 10.2 Å². The highest BCUT2D eigenvalue weighted by molar-refractivity contribution is 5.94. The lowest BCUT2D eigenvalue weighted by Crippen LogP contribution is -2.40. The number of anilines is 1. The Morgan fingerprint density at radius 2 is 2.12 bits per heavy atom. The van der Waals surface area contributed by atoms with E-state index in [0.29, 0.717) is 5.56 Å². The van der Waals surface area contributed by atoms with Crippen LogP contribution in [0.15, 0.2) is 24.5 Å². The van der Waals surface area contributed by atoms with Crippen LogP contribution in [-0.2, 0) is 13.0 Å². The second-order valence-electron chi connectivity index (χ2n) is 6.76. The molecule has 0 spiro atoms. The van der Waals surface area contributed by atoms with Gasteiger partial charge in [-0.1, -0.05) is 0 Å². The van der Waals surface area contributed by atoms with Crippen molar-refractivity contribution in [1.82, 2.24) is 19.9 Å². The van der Waals surface area contributed by atoms with Gasteiger partial charge in [-0.3, -0.25) is 4.79 Å². The van der Waals surface area contributed by atoms with Crippen LogP contribution in [0.4, 0.5) is 5.82 Å². The molecule has 2 aromatic heterocycles. The van der Waals surface area contributed by atoms with E-state index < -0.39 is 0 Å². The summed E-state index contributed by atoms with van der Waals surface area (Å²) in [5.41, 5.74) is 1.67. The predicted octanol–water partition coefficient (Wildman–Crippen LogP) is 1.93. The first-order valence-electron chi connectivity index (χ1n) is 8.73. The highest BCUT2D eigenvalue weighted by atomic mass is 16.1. The lowest BCUT2D eigenvalue weighted by atomic mass is 10.1. The molecule has 1 fully saturated rings. The van der Waals surface area contributed by atoms with Crippen molar-refractivity contribution >= 4 is 11.7 Å². The van der Waals surface area contributed by atoms with Crippen molar-refractivity contribution < 1.29 is 4.79 Å². The molecule has 4 heterocycles. The fourth-order valence-corrected chi connectivity index (χ4v) is 3.63. The summed E-state index contributed by atoms with van der Waals surface area (Å²) in [6.45, 7) is 4.92. The van der Waals surface area contributed by atoms with Gasteiger partial charge in [-0.05, 0) is 38.3 Å². The fraction of sp³-hybridized carbons (Fsp3) is 0.500. The van der Waals surface area contributed by atoms with E-state index in [2.05, 4.69) is 30.9 Å². The second-order valence-corrected chi connectivity index (χ2v) is 6.76. The Bertz CT molecular complexity index is 730. The predicted molar refractivity (Wildman–Crippen MR) is 92.2 cm³/mol. The Morgan fingerprint density at radius 1 is 1.29 bits per heavy atom. The van der Waals surface area contributed by atoms with Gasteiger partial charge in [0.25, 0.3) is 5.91 Å². The number of imidazole rings is 1. The number of pyridine rings is 1. The minimum absolute atomic E-state index is 0.0410. The van der Waals surface area contributed by atoms with Gasteiger partial charge in [0.15, 0.2) is 0 Å². The van der Waals surface area contributed by atoms with Gasteiger partial charge in [0, 0.05) is 44.5 Å². The van der Waals surface area contributed by atoms with E-state index in [9.17, 15) is 4.79 Å². The number of aryl methyl sites for hydroxylation is 2. The van der Waals surface area contributed by atoms with Crippen LogP contribution in [0, 0.1) is 6.92 Å². The fourth-order valence-electron chi connectivity index (χ4n) is 3.63. The van der Waals surface area contributed by atoms with Gasteiger partial charge in [0.05, 0.1) is 11.3 Å². The number of rotatable bonds is 3. The molecule has 6 nitrogen and oxygen atoms in total. The molecule has 1 unspecified atom stereocenters. The number of carbonyl (C=O) groups is 1. The van der Waals surface area contributed by atoms with Crippen molar-refractivity contribution in [2.45, 2.75) is 45.2 Å². The minimum Gasteiger partial charge on any atom is -0.357 e. The molecule has 0 aliphatic carbocycles. The van der Waals surface area contributed by atoms with Gasteiger partial charge >= 0.3 is 0 Å². The lowest BCUT2D eigenvalue weighted by Gasteiger charge is -2.24. The Labute approximate surface area is 141 Å². The molecule has 1 N–H and O–H groups in total. The summed E-state index contributed by atoms with van der Waals surface area (Å²) in [7, 11) is 0. The number of carbonyl (C=O) groups excluding carboxylic acids is 1. The first kappa shape index (κ1) is 15.2. The van der Waals surface area contributed by atoms with E-state index in [4.69, 9.17) is 0 Å². The minimum atomic E-state index is -0.0410. The zero-order chi connectivity index (χ0) is 16.5. The summed E-state index contributed by atoms with van der Waals surface area (Å²) < 4.78 is 2.15. The SMILES string of the molecule is Cc1cn2c(n1)CCC(NC(=O)c1ccc(N3CCCC3)nc1)C2. The third-order valence-electron chi connectivity index (χ3n) is 4.89. The van der Waals surface area contributed by atoms with Gasteiger partial charge in [-0.15, -0.1) is 0 Å². The van der Waals surface area contributed by atoms with Crippen molar-refractivity contribution in [3.8, 4) is 0 Å². The normalized spacial score (nSPS) is 20.0. The van der Waals surface area contributed by atoms with E-state index >= 15 is 0 Å². The molecule has 126 valence electrons.